The number of piperidine rings is 1. The molecule has 1 aliphatic carbocycles. The molecule has 1 fully saturated rings. The first-order valence-corrected chi connectivity index (χ1v) is 6.87. The first-order valence-electron chi connectivity index (χ1n) is 6.87. The van der Waals surface area contributed by atoms with Crippen LogP contribution < -0.4 is 5.73 Å². The molecule has 0 amide bonds. The maximum absolute atomic E-state index is 5.82. The Hall–Kier alpha value is -0.860. The number of hydrogen-bond acceptors (Lipinski definition) is 2. The van der Waals surface area contributed by atoms with Crippen molar-refractivity contribution in [2.75, 3.05) is 19.6 Å². The second-order valence-electron chi connectivity index (χ2n) is 5.57. The van der Waals surface area contributed by atoms with E-state index in [0.717, 1.165) is 18.5 Å². The van der Waals surface area contributed by atoms with Crippen molar-refractivity contribution in [2.24, 2.45) is 11.7 Å². The van der Waals surface area contributed by atoms with Gasteiger partial charge in [0.2, 0.25) is 0 Å². The van der Waals surface area contributed by atoms with E-state index < -0.39 is 0 Å². The van der Waals surface area contributed by atoms with E-state index in [1.54, 1.807) is 11.1 Å². The van der Waals surface area contributed by atoms with Crippen molar-refractivity contribution < 1.29 is 0 Å². The van der Waals surface area contributed by atoms with Crippen molar-refractivity contribution in [3.8, 4) is 0 Å². The molecule has 1 aliphatic heterocycles. The summed E-state index contributed by atoms with van der Waals surface area (Å²) in [6.07, 6.45) is 5.14. The van der Waals surface area contributed by atoms with E-state index in [2.05, 4.69) is 29.2 Å². The van der Waals surface area contributed by atoms with Gasteiger partial charge in [0.05, 0.1) is 0 Å². The van der Waals surface area contributed by atoms with Crippen LogP contribution in [0.5, 0.6) is 0 Å². The number of benzene rings is 1. The van der Waals surface area contributed by atoms with Gasteiger partial charge in [-0.1, -0.05) is 24.3 Å². The Kier molecular flexibility index (Phi) is 3.17. The number of nitrogens with zero attached hydrogens (tertiary/aromatic N) is 1. The van der Waals surface area contributed by atoms with Gasteiger partial charge in [0, 0.05) is 12.6 Å². The SMILES string of the molecule is NC[C@H]1CCCN(C2Cc3ccccc3C2)C1. The fourth-order valence-corrected chi connectivity index (χ4v) is 3.42. The molecule has 1 saturated heterocycles. The summed E-state index contributed by atoms with van der Waals surface area (Å²) >= 11 is 0. The highest BCUT2D eigenvalue weighted by Crippen LogP contribution is 2.28. The lowest BCUT2D eigenvalue weighted by Crippen LogP contribution is -2.44. The minimum Gasteiger partial charge on any atom is -0.330 e. The van der Waals surface area contributed by atoms with Gasteiger partial charge in [-0.15, -0.1) is 0 Å². The van der Waals surface area contributed by atoms with Gasteiger partial charge in [0.25, 0.3) is 0 Å². The van der Waals surface area contributed by atoms with Crippen LogP contribution in [0.2, 0.25) is 0 Å². The normalized spacial score (nSPS) is 26.1. The quantitative estimate of drug-likeness (QED) is 0.840. The first-order chi connectivity index (χ1) is 8.36. The summed E-state index contributed by atoms with van der Waals surface area (Å²) in [5.74, 6) is 0.729. The molecule has 2 heteroatoms. The highest BCUT2D eigenvalue weighted by atomic mass is 15.2. The van der Waals surface area contributed by atoms with Gasteiger partial charge in [-0.05, 0) is 55.8 Å². The molecule has 0 spiro atoms. The van der Waals surface area contributed by atoms with Gasteiger partial charge >= 0.3 is 0 Å². The van der Waals surface area contributed by atoms with Crippen molar-refractivity contribution in [2.45, 2.75) is 31.7 Å². The average Bonchev–Trinajstić information content (AvgIpc) is 2.82. The van der Waals surface area contributed by atoms with E-state index in [-0.39, 0.29) is 0 Å². The molecule has 92 valence electrons. The topological polar surface area (TPSA) is 29.3 Å². The fourth-order valence-electron chi connectivity index (χ4n) is 3.42. The molecule has 3 rings (SSSR count). The number of nitrogens with two attached hydrogens (primary N) is 1. The molecule has 0 saturated carbocycles. The Morgan fingerprint density at radius 2 is 1.88 bits per heavy atom. The Morgan fingerprint density at radius 1 is 1.18 bits per heavy atom. The van der Waals surface area contributed by atoms with Gasteiger partial charge < -0.3 is 5.73 Å². The van der Waals surface area contributed by atoms with Crippen molar-refractivity contribution in [1.29, 1.82) is 0 Å². The van der Waals surface area contributed by atoms with Crippen LogP contribution in [0.4, 0.5) is 0 Å². The van der Waals surface area contributed by atoms with E-state index in [1.165, 1.54) is 38.8 Å². The summed E-state index contributed by atoms with van der Waals surface area (Å²) < 4.78 is 0. The minimum atomic E-state index is 0.729. The third kappa shape index (κ3) is 2.24. The van der Waals surface area contributed by atoms with Crippen molar-refractivity contribution in [3.05, 3.63) is 35.4 Å². The van der Waals surface area contributed by atoms with Gasteiger partial charge in [-0.2, -0.15) is 0 Å². The molecule has 0 aromatic heterocycles. The molecule has 1 heterocycles. The minimum absolute atomic E-state index is 0.729. The summed E-state index contributed by atoms with van der Waals surface area (Å²) in [6, 6.07) is 9.65. The third-order valence-electron chi connectivity index (χ3n) is 4.43. The first kappa shape index (κ1) is 11.2. The van der Waals surface area contributed by atoms with Gasteiger partial charge in [0.1, 0.15) is 0 Å². The van der Waals surface area contributed by atoms with Crippen LogP contribution in [-0.2, 0) is 12.8 Å². The molecule has 2 N–H and O–H groups in total. The second-order valence-corrected chi connectivity index (χ2v) is 5.57. The standard InChI is InChI=1S/C15H22N2/c16-10-12-4-3-7-17(11-12)15-8-13-5-1-2-6-14(13)9-15/h1-2,5-6,12,15H,3-4,7-11,16H2/t12-/m1/s1. The summed E-state index contributed by atoms with van der Waals surface area (Å²) in [4.78, 5) is 2.68. The third-order valence-corrected chi connectivity index (χ3v) is 4.43. The maximum Gasteiger partial charge on any atom is 0.0176 e. The number of fused-ring (bicyclic) bond motifs is 1. The average molecular weight is 230 g/mol. The zero-order chi connectivity index (χ0) is 11.7. The molecular formula is C15H22N2. The molecule has 1 aromatic rings. The molecule has 2 aliphatic rings. The monoisotopic (exact) mass is 230 g/mol. The van der Waals surface area contributed by atoms with E-state index in [4.69, 9.17) is 5.73 Å². The lowest BCUT2D eigenvalue weighted by molar-refractivity contribution is 0.129. The van der Waals surface area contributed by atoms with Gasteiger partial charge in [0.15, 0.2) is 0 Å². The van der Waals surface area contributed by atoms with Gasteiger partial charge in [-0.25, -0.2) is 0 Å². The summed E-state index contributed by atoms with van der Waals surface area (Å²) in [7, 11) is 0. The smallest absolute Gasteiger partial charge is 0.0176 e. The summed E-state index contributed by atoms with van der Waals surface area (Å²) in [5.41, 5.74) is 8.95. The Labute approximate surface area is 104 Å². The summed E-state index contributed by atoms with van der Waals surface area (Å²) in [5, 5.41) is 0. The van der Waals surface area contributed by atoms with Crippen LogP contribution >= 0.6 is 0 Å². The largest absolute Gasteiger partial charge is 0.330 e. The molecule has 0 radical (unpaired) electrons. The Morgan fingerprint density at radius 3 is 2.53 bits per heavy atom. The second kappa shape index (κ2) is 4.79. The Balaban J connectivity index is 1.68. The van der Waals surface area contributed by atoms with E-state index in [0.29, 0.717) is 0 Å². The van der Waals surface area contributed by atoms with Crippen LogP contribution in [0.25, 0.3) is 0 Å². The molecule has 0 unspecified atom stereocenters. The zero-order valence-corrected chi connectivity index (χ0v) is 10.4. The predicted octanol–water partition coefficient (Wildman–Crippen LogP) is 1.82. The Bertz CT molecular complexity index is 363. The molecule has 0 bridgehead atoms. The van der Waals surface area contributed by atoms with Crippen molar-refractivity contribution >= 4 is 0 Å². The maximum atomic E-state index is 5.82. The van der Waals surface area contributed by atoms with Crippen molar-refractivity contribution in [1.82, 2.24) is 4.90 Å². The van der Waals surface area contributed by atoms with Crippen LogP contribution in [0.15, 0.2) is 24.3 Å². The summed E-state index contributed by atoms with van der Waals surface area (Å²) in [6.45, 7) is 3.35. The van der Waals surface area contributed by atoms with Crippen LogP contribution in [-0.4, -0.2) is 30.6 Å². The molecule has 17 heavy (non-hydrogen) atoms. The van der Waals surface area contributed by atoms with Crippen LogP contribution in [0.1, 0.15) is 24.0 Å². The highest BCUT2D eigenvalue weighted by Gasteiger charge is 2.29. The number of hydrogen-bond donors (Lipinski definition) is 1. The fraction of sp³-hybridized carbons (Fsp3) is 0.600. The van der Waals surface area contributed by atoms with Crippen LogP contribution in [0, 0.1) is 5.92 Å². The number of likely N-dealkylation sites (tertiary alicyclic amines) is 1. The highest BCUT2D eigenvalue weighted by molar-refractivity contribution is 5.33. The van der Waals surface area contributed by atoms with E-state index in [9.17, 15) is 0 Å². The molecule has 2 nitrogen and oxygen atoms in total. The lowest BCUT2D eigenvalue weighted by atomic mass is 9.96. The van der Waals surface area contributed by atoms with Crippen LogP contribution in [0.3, 0.4) is 0 Å². The van der Waals surface area contributed by atoms with Gasteiger partial charge in [-0.3, -0.25) is 4.90 Å². The number of rotatable bonds is 2. The van der Waals surface area contributed by atoms with E-state index in [1.807, 2.05) is 0 Å². The van der Waals surface area contributed by atoms with Crippen molar-refractivity contribution in [3.63, 3.8) is 0 Å². The molecular weight excluding hydrogens is 208 g/mol. The molecule has 1 aromatic carbocycles. The zero-order valence-electron chi connectivity index (χ0n) is 10.4. The van der Waals surface area contributed by atoms with E-state index >= 15 is 0 Å². The molecule has 1 atom stereocenters. The lowest BCUT2D eigenvalue weighted by Gasteiger charge is -2.36. The predicted molar refractivity (Wildman–Crippen MR) is 71.0 cm³/mol.